The molecule has 0 saturated heterocycles. The molecule has 6 nitrogen and oxygen atoms in total. The van der Waals surface area contributed by atoms with Crippen molar-refractivity contribution in [1.82, 2.24) is 0 Å². The molecule has 0 amide bonds. The molecule has 3 saturated carbocycles. The molecule has 31 heavy (non-hydrogen) atoms. The SMILES string of the molecule is CC(=O)OCC(=O)[C@@]1(O)CC[C@H]2[C@@H]3CCC4=CC(=O)C(C)C[C@]4(C)[C@@]3(F)[C@@H](O)C[C@@]21C. The molecule has 0 heterocycles. The first-order chi connectivity index (χ1) is 14.3. The lowest BCUT2D eigenvalue weighted by Crippen LogP contribution is -2.69. The number of aliphatic hydroxyl groups excluding tert-OH is 1. The van der Waals surface area contributed by atoms with E-state index in [0.717, 1.165) is 5.57 Å². The minimum absolute atomic E-state index is 0.0102. The van der Waals surface area contributed by atoms with E-state index in [4.69, 9.17) is 4.74 Å². The van der Waals surface area contributed by atoms with Gasteiger partial charge in [-0.25, -0.2) is 4.39 Å². The maximum Gasteiger partial charge on any atom is 0.303 e. The van der Waals surface area contributed by atoms with Gasteiger partial charge in [-0.1, -0.05) is 26.3 Å². The van der Waals surface area contributed by atoms with Crippen LogP contribution in [0.25, 0.3) is 0 Å². The highest BCUT2D eigenvalue weighted by molar-refractivity contribution is 5.93. The van der Waals surface area contributed by atoms with Gasteiger partial charge in [0.2, 0.25) is 5.78 Å². The molecule has 0 aromatic rings. The lowest BCUT2D eigenvalue weighted by molar-refractivity contribution is -0.228. The van der Waals surface area contributed by atoms with Crippen molar-refractivity contribution in [1.29, 1.82) is 0 Å². The second-order valence-corrected chi connectivity index (χ2v) is 10.8. The van der Waals surface area contributed by atoms with Crippen LogP contribution in [-0.4, -0.2) is 51.7 Å². The van der Waals surface area contributed by atoms with Crippen molar-refractivity contribution in [2.24, 2.45) is 28.6 Å². The van der Waals surface area contributed by atoms with Gasteiger partial charge >= 0.3 is 5.97 Å². The van der Waals surface area contributed by atoms with E-state index >= 15 is 4.39 Å². The highest BCUT2D eigenvalue weighted by Gasteiger charge is 2.74. The van der Waals surface area contributed by atoms with Gasteiger partial charge in [0.15, 0.2) is 12.4 Å². The summed E-state index contributed by atoms with van der Waals surface area (Å²) in [6.45, 7) is 6.06. The molecular weight excluding hydrogens is 403 g/mol. The molecule has 0 aliphatic heterocycles. The number of carbonyl (C=O) groups excluding carboxylic acids is 3. The highest BCUT2D eigenvalue weighted by Crippen LogP contribution is 2.70. The molecule has 1 unspecified atom stereocenters. The third kappa shape index (κ3) is 2.78. The molecule has 172 valence electrons. The van der Waals surface area contributed by atoms with Crippen LogP contribution in [0.2, 0.25) is 0 Å². The minimum Gasteiger partial charge on any atom is -0.458 e. The van der Waals surface area contributed by atoms with Crippen LogP contribution in [0.3, 0.4) is 0 Å². The predicted molar refractivity (Wildman–Crippen MR) is 110 cm³/mol. The summed E-state index contributed by atoms with van der Waals surface area (Å²) in [6.07, 6.45) is 2.15. The number of carbonyl (C=O) groups is 3. The van der Waals surface area contributed by atoms with Crippen molar-refractivity contribution in [3.63, 3.8) is 0 Å². The van der Waals surface area contributed by atoms with Gasteiger partial charge in [-0.3, -0.25) is 14.4 Å². The van der Waals surface area contributed by atoms with E-state index in [1.165, 1.54) is 6.92 Å². The third-order valence-electron chi connectivity index (χ3n) is 9.37. The van der Waals surface area contributed by atoms with E-state index in [1.807, 2.05) is 6.92 Å². The largest absolute Gasteiger partial charge is 0.458 e. The number of rotatable bonds is 3. The van der Waals surface area contributed by atoms with E-state index in [0.29, 0.717) is 25.7 Å². The van der Waals surface area contributed by atoms with E-state index in [9.17, 15) is 24.6 Å². The monoisotopic (exact) mass is 436 g/mol. The quantitative estimate of drug-likeness (QED) is 0.660. The maximum absolute atomic E-state index is 17.1. The Kier molecular flexibility index (Phi) is 5.06. The lowest BCUT2D eigenvalue weighted by Gasteiger charge is -2.63. The van der Waals surface area contributed by atoms with Gasteiger partial charge in [0.1, 0.15) is 11.3 Å². The van der Waals surface area contributed by atoms with Gasteiger partial charge in [-0.15, -0.1) is 0 Å². The molecule has 0 radical (unpaired) electrons. The number of allylic oxidation sites excluding steroid dienone is 1. The maximum atomic E-state index is 17.1. The number of Topliss-reactive ketones (excluding diaryl/α,β-unsaturated/α-hetero) is 1. The second-order valence-electron chi connectivity index (χ2n) is 10.8. The van der Waals surface area contributed by atoms with E-state index < -0.39 is 52.5 Å². The fourth-order valence-corrected chi connectivity index (χ4v) is 7.64. The zero-order chi connectivity index (χ0) is 23.0. The summed E-state index contributed by atoms with van der Waals surface area (Å²) in [7, 11) is 0. The molecular formula is C24H33FO6. The normalized spacial score (nSPS) is 48.9. The number of esters is 1. The molecule has 7 heteroatoms. The fraction of sp³-hybridized carbons (Fsp3) is 0.792. The number of ketones is 2. The van der Waals surface area contributed by atoms with E-state index in [-0.39, 0.29) is 30.5 Å². The zero-order valence-electron chi connectivity index (χ0n) is 18.7. The number of fused-ring (bicyclic) bond motifs is 5. The zero-order valence-corrected chi connectivity index (χ0v) is 18.7. The Morgan fingerprint density at radius 2 is 1.90 bits per heavy atom. The Morgan fingerprint density at radius 3 is 2.55 bits per heavy atom. The van der Waals surface area contributed by atoms with Gasteiger partial charge in [-0.2, -0.15) is 0 Å². The molecule has 3 fully saturated rings. The highest BCUT2D eigenvalue weighted by atomic mass is 19.1. The number of halogens is 1. The molecule has 4 rings (SSSR count). The van der Waals surface area contributed by atoms with Crippen molar-refractivity contribution in [2.45, 2.75) is 83.6 Å². The van der Waals surface area contributed by atoms with Crippen molar-refractivity contribution in [3.05, 3.63) is 11.6 Å². The summed E-state index contributed by atoms with van der Waals surface area (Å²) in [5, 5.41) is 22.7. The number of hydrogen-bond donors (Lipinski definition) is 2. The standard InChI is InChI=1S/C24H33FO6/c1-13-10-21(3)15(9-18(13)27)5-6-17-16-7-8-23(30,20(29)12-31-14(2)26)22(16,4)11-19(28)24(17,21)25/h9,13,16-17,19,28,30H,5-8,10-12H2,1-4H3/t13?,16-,17-,19-,21-,22-,23-,24-/m0/s1. The average Bonchev–Trinajstić information content (AvgIpc) is 2.94. The number of aliphatic hydroxyl groups is 2. The molecule has 0 aromatic heterocycles. The Hall–Kier alpha value is -1.60. The van der Waals surface area contributed by atoms with Crippen LogP contribution in [0, 0.1) is 28.6 Å². The third-order valence-corrected chi connectivity index (χ3v) is 9.37. The lowest BCUT2D eigenvalue weighted by atomic mass is 9.43. The molecule has 0 bridgehead atoms. The van der Waals surface area contributed by atoms with Gasteiger partial charge in [0, 0.05) is 29.6 Å². The average molecular weight is 437 g/mol. The molecule has 8 atom stereocenters. The van der Waals surface area contributed by atoms with Gasteiger partial charge in [0.25, 0.3) is 0 Å². The van der Waals surface area contributed by atoms with E-state index in [2.05, 4.69) is 0 Å². The first-order valence-corrected chi connectivity index (χ1v) is 11.3. The van der Waals surface area contributed by atoms with Gasteiger partial charge in [-0.05, 0) is 50.5 Å². The van der Waals surface area contributed by atoms with Crippen LogP contribution in [0.1, 0.15) is 66.2 Å². The first-order valence-electron chi connectivity index (χ1n) is 11.3. The Morgan fingerprint density at radius 1 is 1.23 bits per heavy atom. The Balaban J connectivity index is 1.72. The topological polar surface area (TPSA) is 101 Å². The van der Waals surface area contributed by atoms with Crippen molar-refractivity contribution >= 4 is 17.5 Å². The molecule has 0 aromatic carbocycles. The Labute approximate surface area is 182 Å². The summed E-state index contributed by atoms with van der Waals surface area (Å²) in [4.78, 5) is 36.3. The van der Waals surface area contributed by atoms with Crippen molar-refractivity contribution < 1.29 is 33.7 Å². The summed E-state index contributed by atoms with van der Waals surface area (Å²) >= 11 is 0. The van der Waals surface area contributed by atoms with Crippen LogP contribution in [0.5, 0.6) is 0 Å². The number of hydrogen-bond acceptors (Lipinski definition) is 6. The van der Waals surface area contributed by atoms with E-state index in [1.54, 1.807) is 19.9 Å². The fourth-order valence-electron chi connectivity index (χ4n) is 7.64. The predicted octanol–water partition coefficient (Wildman–Crippen LogP) is 2.69. The Bertz CT molecular complexity index is 868. The summed E-state index contributed by atoms with van der Waals surface area (Å²) < 4.78 is 22.0. The van der Waals surface area contributed by atoms with Gasteiger partial charge in [0.05, 0.1) is 6.10 Å². The first kappa shape index (κ1) is 22.6. The summed E-state index contributed by atoms with van der Waals surface area (Å²) in [5.74, 6) is -2.32. The minimum atomic E-state index is -1.93. The second kappa shape index (κ2) is 6.95. The van der Waals surface area contributed by atoms with Crippen molar-refractivity contribution in [2.75, 3.05) is 6.61 Å². The van der Waals surface area contributed by atoms with Crippen LogP contribution in [0.4, 0.5) is 4.39 Å². The molecule has 4 aliphatic rings. The smallest absolute Gasteiger partial charge is 0.303 e. The molecule has 0 spiro atoms. The van der Waals surface area contributed by atoms with Crippen LogP contribution >= 0.6 is 0 Å². The summed E-state index contributed by atoms with van der Waals surface area (Å²) in [5.41, 5.74) is -4.90. The van der Waals surface area contributed by atoms with Gasteiger partial charge < -0.3 is 14.9 Å². The molecule has 2 N–H and O–H groups in total. The van der Waals surface area contributed by atoms with Crippen LogP contribution in [-0.2, 0) is 19.1 Å². The van der Waals surface area contributed by atoms with Crippen molar-refractivity contribution in [3.8, 4) is 0 Å². The number of alkyl halides is 1. The summed E-state index contributed by atoms with van der Waals surface area (Å²) in [6, 6.07) is 0. The van der Waals surface area contributed by atoms with Crippen LogP contribution in [0.15, 0.2) is 11.6 Å². The molecule has 4 aliphatic carbocycles. The number of ether oxygens (including phenoxy) is 1. The van der Waals surface area contributed by atoms with Crippen LogP contribution < -0.4 is 0 Å².